The van der Waals surface area contributed by atoms with Gasteiger partial charge in [-0.15, -0.1) is 0 Å². The van der Waals surface area contributed by atoms with Gasteiger partial charge in [0, 0.05) is 12.7 Å². The van der Waals surface area contributed by atoms with E-state index in [1.807, 2.05) is 25.2 Å². The first kappa shape index (κ1) is 10.8. The van der Waals surface area contributed by atoms with Crippen molar-refractivity contribution in [2.75, 3.05) is 12.4 Å². The first-order valence-corrected chi connectivity index (χ1v) is 5.61. The van der Waals surface area contributed by atoms with Crippen molar-refractivity contribution in [2.45, 2.75) is 0 Å². The summed E-state index contributed by atoms with van der Waals surface area (Å²) in [5.41, 5.74) is 2.67. The molecule has 18 heavy (non-hydrogen) atoms. The minimum atomic E-state index is -0.335. The molecule has 0 atom stereocenters. The van der Waals surface area contributed by atoms with Gasteiger partial charge in [0.2, 0.25) is 5.89 Å². The van der Waals surface area contributed by atoms with Crippen molar-refractivity contribution in [3.8, 4) is 11.5 Å². The van der Waals surface area contributed by atoms with Gasteiger partial charge >= 0.3 is 0 Å². The summed E-state index contributed by atoms with van der Waals surface area (Å²) in [6.45, 7) is 0. The van der Waals surface area contributed by atoms with Gasteiger partial charge in [0.15, 0.2) is 5.58 Å². The number of hydrogen-bond donors (Lipinski definition) is 1. The Labute approximate surface area is 103 Å². The van der Waals surface area contributed by atoms with Crippen LogP contribution in [-0.4, -0.2) is 12.0 Å². The minimum Gasteiger partial charge on any atom is -0.436 e. The number of halogens is 1. The summed E-state index contributed by atoms with van der Waals surface area (Å²) in [7, 11) is 1.83. The van der Waals surface area contributed by atoms with E-state index in [9.17, 15) is 4.39 Å². The Kier molecular flexibility index (Phi) is 2.48. The molecule has 0 aliphatic heterocycles. The van der Waals surface area contributed by atoms with E-state index in [1.165, 1.54) is 6.07 Å². The molecule has 2 aromatic carbocycles. The first-order chi connectivity index (χ1) is 8.78. The maximum atomic E-state index is 13.6. The molecule has 0 saturated heterocycles. The molecule has 0 saturated carbocycles. The molecule has 4 heteroatoms. The number of hydrogen-bond acceptors (Lipinski definition) is 3. The summed E-state index contributed by atoms with van der Waals surface area (Å²) in [6, 6.07) is 12.0. The van der Waals surface area contributed by atoms with Gasteiger partial charge in [-0.1, -0.05) is 12.1 Å². The Morgan fingerprint density at radius 1 is 1.17 bits per heavy atom. The van der Waals surface area contributed by atoms with E-state index >= 15 is 0 Å². The molecule has 0 aliphatic rings. The van der Waals surface area contributed by atoms with Crippen LogP contribution in [0.1, 0.15) is 0 Å². The van der Waals surface area contributed by atoms with Gasteiger partial charge < -0.3 is 9.73 Å². The molecule has 90 valence electrons. The van der Waals surface area contributed by atoms with Gasteiger partial charge in [-0.05, 0) is 30.3 Å². The van der Waals surface area contributed by atoms with Crippen LogP contribution in [0.3, 0.4) is 0 Å². The highest BCUT2D eigenvalue weighted by atomic mass is 19.1. The van der Waals surface area contributed by atoms with E-state index in [2.05, 4.69) is 10.3 Å². The third-order valence-corrected chi connectivity index (χ3v) is 2.78. The Balaban J connectivity index is 2.17. The number of anilines is 1. The summed E-state index contributed by atoms with van der Waals surface area (Å²) < 4.78 is 19.2. The van der Waals surface area contributed by atoms with Crippen LogP contribution in [0.25, 0.3) is 22.6 Å². The molecule has 0 radical (unpaired) electrons. The summed E-state index contributed by atoms with van der Waals surface area (Å²) in [4.78, 5) is 4.31. The number of benzene rings is 2. The maximum absolute atomic E-state index is 13.6. The fraction of sp³-hybridized carbons (Fsp3) is 0.0714. The lowest BCUT2D eigenvalue weighted by Crippen LogP contribution is -1.86. The van der Waals surface area contributed by atoms with Crippen LogP contribution in [0.5, 0.6) is 0 Å². The van der Waals surface area contributed by atoms with Crippen molar-refractivity contribution in [3.63, 3.8) is 0 Å². The molecule has 1 aromatic heterocycles. The molecule has 1 N–H and O–H groups in total. The quantitative estimate of drug-likeness (QED) is 0.745. The van der Waals surface area contributed by atoms with Crippen molar-refractivity contribution in [1.82, 2.24) is 4.98 Å². The summed E-state index contributed by atoms with van der Waals surface area (Å²) in [6.07, 6.45) is 0. The fourth-order valence-corrected chi connectivity index (χ4v) is 1.83. The van der Waals surface area contributed by atoms with Crippen LogP contribution in [0.15, 0.2) is 46.9 Å². The molecule has 0 unspecified atom stereocenters. The maximum Gasteiger partial charge on any atom is 0.230 e. The van der Waals surface area contributed by atoms with E-state index < -0.39 is 0 Å². The van der Waals surface area contributed by atoms with Crippen LogP contribution < -0.4 is 5.32 Å². The molecular weight excluding hydrogens is 231 g/mol. The molecule has 0 spiro atoms. The second kappa shape index (κ2) is 4.14. The number of aromatic nitrogens is 1. The van der Waals surface area contributed by atoms with Crippen molar-refractivity contribution < 1.29 is 8.81 Å². The number of nitrogens with one attached hydrogen (secondary N) is 1. The van der Waals surface area contributed by atoms with Gasteiger partial charge in [-0.3, -0.25) is 0 Å². The van der Waals surface area contributed by atoms with E-state index in [-0.39, 0.29) is 5.82 Å². The third-order valence-electron chi connectivity index (χ3n) is 2.78. The highest BCUT2D eigenvalue weighted by Crippen LogP contribution is 2.27. The van der Waals surface area contributed by atoms with Crippen LogP contribution >= 0.6 is 0 Å². The third kappa shape index (κ3) is 1.72. The Hall–Kier alpha value is -2.36. The number of oxazole rings is 1. The molecule has 3 nitrogen and oxygen atoms in total. The molecule has 1 heterocycles. The minimum absolute atomic E-state index is 0.302. The second-order valence-electron chi connectivity index (χ2n) is 3.93. The van der Waals surface area contributed by atoms with Crippen molar-refractivity contribution in [2.24, 2.45) is 0 Å². The molecule has 0 aliphatic carbocycles. The van der Waals surface area contributed by atoms with Gasteiger partial charge in [0.05, 0.1) is 5.56 Å². The van der Waals surface area contributed by atoms with Gasteiger partial charge in [-0.2, -0.15) is 0 Å². The highest BCUT2D eigenvalue weighted by molar-refractivity contribution is 5.80. The SMILES string of the molecule is CNc1ccc2oc(-c3ccccc3F)nc2c1. The summed E-state index contributed by atoms with van der Waals surface area (Å²) >= 11 is 0. The van der Waals surface area contributed by atoms with Crippen molar-refractivity contribution in [1.29, 1.82) is 0 Å². The topological polar surface area (TPSA) is 38.1 Å². The van der Waals surface area contributed by atoms with E-state index in [4.69, 9.17) is 4.42 Å². The van der Waals surface area contributed by atoms with E-state index in [0.29, 0.717) is 22.6 Å². The van der Waals surface area contributed by atoms with Crippen molar-refractivity contribution in [3.05, 3.63) is 48.3 Å². The van der Waals surface area contributed by atoms with E-state index in [1.54, 1.807) is 18.2 Å². The smallest absolute Gasteiger partial charge is 0.230 e. The average Bonchev–Trinajstić information content (AvgIpc) is 2.81. The van der Waals surface area contributed by atoms with Crippen LogP contribution in [-0.2, 0) is 0 Å². The highest BCUT2D eigenvalue weighted by Gasteiger charge is 2.11. The monoisotopic (exact) mass is 242 g/mol. The zero-order chi connectivity index (χ0) is 12.5. The van der Waals surface area contributed by atoms with Crippen LogP contribution in [0.2, 0.25) is 0 Å². The number of fused-ring (bicyclic) bond motifs is 1. The van der Waals surface area contributed by atoms with Crippen LogP contribution in [0, 0.1) is 5.82 Å². The zero-order valence-corrected chi connectivity index (χ0v) is 9.77. The molecule has 0 amide bonds. The lowest BCUT2D eigenvalue weighted by molar-refractivity contribution is 0.593. The Morgan fingerprint density at radius 2 is 2.00 bits per heavy atom. The van der Waals surface area contributed by atoms with Crippen LogP contribution in [0.4, 0.5) is 10.1 Å². The lowest BCUT2D eigenvalue weighted by Gasteiger charge is -1.96. The molecule has 0 fully saturated rings. The molecule has 0 bridgehead atoms. The summed E-state index contributed by atoms with van der Waals surface area (Å²) in [5, 5.41) is 3.02. The lowest BCUT2D eigenvalue weighted by atomic mass is 10.2. The predicted molar refractivity (Wildman–Crippen MR) is 68.9 cm³/mol. The van der Waals surface area contributed by atoms with Gasteiger partial charge in [-0.25, -0.2) is 9.37 Å². The largest absolute Gasteiger partial charge is 0.436 e. The fourth-order valence-electron chi connectivity index (χ4n) is 1.83. The van der Waals surface area contributed by atoms with Gasteiger partial charge in [0.25, 0.3) is 0 Å². The Bertz CT molecular complexity index is 706. The predicted octanol–water partition coefficient (Wildman–Crippen LogP) is 3.68. The zero-order valence-electron chi connectivity index (χ0n) is 9.77. The second-order valence-corrected chi connectivity index (χ2v) is 3.93. The molecular formula is C14H11FN2O. The molecule has 3 rings (SSSR count). The average molecular weight is 242 g/mol. The summed E-state index contributed by atoms with van der Waals surface area (Å²) in [5.74, 6) is -0.0331. The number of rotatable bonds is 2. The van der Waals surface area contributed by atoms with Gasteiger partial charge in [0.1, 0.15) is 11.3 Å². The normalized spacial score (nSPS) is 10.8. The van der Waals surface area contributed by atoms with Crippen molar-refractivity contribution >= 4 is 16.8 Å². The molecule has 3 aromatic rings. The standard InChI is InChI=1S/C14H11FN2O/c1-16-9-6-7-13-12(8-9)17-14(18-13)10-4-2-3-5-11(10)15/h2-8,16H,1H3. The number of nitrogens with zero attached hydrogens (tertiary/aromatic N) is 1. The van der Waals surface area contributed by atoms with E-state index in [0.717, 1.165) is 5.69 Å². The first-order valence-electron chi connectivity index (χ1n) is 5.61. The Morgan fingerprint density at radius 3 is 2.78 bits per heavy atom.